The molecule has 3 rings (SSSR count). The minimum Gasteiger partial charge on any atom is -0.361 e. The Hall–Kier alpha value is -1.77. The average Bonchev–Trinajstić information content (AvgIpc) is 2.93. The van der Waals surface area contributed by atoms with Gasteiger partial charge in [-0.1, -0.05) is 11.2 Å². The number of pyridine rings is 1. The quantitative estimate of drug-likeness (QED) is 0.832. The van der Waals surface area contributed by atoms with Crippen molar-refractivity contribution in [2.45, 2.75) is 32.6 Å². The summed E-state index contributed by atoms with van der Waals surface area (Å²) in [6.07, 6.45) is 3.60. The summed E-state index contributed by atoms with van der Waals surface area (Å²) in [5, 5.41) is 3.98. The van der Waals surface area contributed by atoms with Crippen molar-refractivity contribution in [1.82, 2.24) is 18.8 Å². The van der Waals surface area contributed by atoms with Crippen LogP contribution in [-0.2, 0) is 10.2 Å². The second-order valence-corrected chi connectivity index (χ2v) is 8.80. The van der Waals surface area contributed by atoms with Gasteiger partial charge in [-0.25, -0.2) is 0 Å². The number of aryl methyl sites for hydroxylation is 2. The molecule has 7 nitrogen and oxygen atoms in total. The Kier molecular flexibility index (Phi) is 4.95. The first-order valence-electron chi connectivity index (χ1n) is 8.37. The lowest BCUT2D eigenvalue weighted by Gasteiger charge is -2.33. The van der Waals surface area contributed by atoms with Gasteiger partial charge in [0, 0.05) is 56.1 Å². The largest absolute Gasteiger partial charge is 0.361 e. The zero-order valence-corrected chi connectivity index (χ0v) is 15.9. The van der Waals surface area contributed by atoms with Gasteiger partial charge in [-0.15, -0.1) is 0 Å². The first-order chi connectivity index (χ1) is 11.8. The molecule has 1 saturated heterocycles. The van der Waals surface area contributed by atoms with Gasteiger partial charge in [0.2, 0.25) is 0 Å². The molecule has 1 aliphatic rings. The van der Waals surface area contributed by atoms with E-state index in [1.807, 2.05) is 32.2 Å². The number of piperidine rings is 1. The van der Waals surface area contributed by atoms with Crippen molar-refractivity contribution in [2.24, 2.45) is 0 Å². The minimum absolute atomic E-state index is 0.113. The van der Waals surface area contributed by atoms with Crippen molar-refractivity contribution in [3.8, 4) is 11.1 Å². The molecule has 0 N–H and O–H groups in total. The van der Waals surface area contributed by atoms with Gasteiger partial charge in [-0.05, 0) is 32.8 Å². The van der Waals surface area contributed by atoms with Gasteiger partial charge >= 0.3 is 0 Å². The molecule has 0 unspecified atom stereocenters. The summed E-state index contributed by atoms with van der Waals surface area (Å²) in [4.78, 5) is 4.60. The van der Waals surface area contributed by atoms with E-state index in [2.05, 4.69) is 10.1 Å². The van der Waals surface area contributed by atoms with Crippen LogP contribution in [0.2, 0.25) is 0 Å². The highest BCUT2D eigenvalue weighted by Crippen LogP contribution is 2.30. The zero-order valence-electron chi connectivity index (χ0n) is 15.1. The highest BCUT2D eigenvalue weighted by molar-refractivity contribution is 7.86. The Labute approximate surface area is 148 Å². The van der Waals surface area contributed by atoms with Crippen LogP contribution < -0.4 is 0 Å². The zero-order chi connectivity index (χ0) is 18.2. The molecule has 0 radical (unpaired) electrons. The van der Waals surface area contributed by atoms with Gasteiger partial charge in [0.15, 0.2) is 0 Å². The molecule has 2 aromatic rings. The van der Waals surface area contributed by atoms with E-state index in [9.17, 15) is 8.42 Å². The maximum absolute atomic E-state index is 12.4. The molecular formula is C17H24N4O3S. The fourth-order valence-corrected chi connectivity index (χ4v) is 4.50. The van der Waals surface area contributed by atoms with Crippen LogP contribution in [0.1, 0.15) is 35.9 Å². The maximum atomic E-state index is 12.4. The Balaban J connectivity index is 1.81. The summed E-state index contributed by atoms with van der Waals surface area (Å²) in [7, 11) is -0.247. The summed E-state index contributed by atoms with van der Waals surface area (Å²) in [5.41, 5.74) is 3.70. The molecule has 1 fully saturated rings. The van der Waals surface area contributed by atoms with Gasteiger partial charge in [0.1, 0.15) is 5.76 Å². The summed E-state index contributed by atoms with van der Waals surface area (Å²) in [5.74, 6) is 0.884. The lowest BCUT2D eigenvalue weighted by atomic mass is 9.95. The van der Waals surface area contributed by atoms with Crippen LogP contribution in [-0.4, -0.2) is 54.4 Å². The minimum atomic E-state index is -3.38. The first-order valence-corrected chi connectivity index (χ1v) is 9.77. The van der Waals surface area contributed by atoms with Crippen molar-refractivity contribution in [3.63, 3.8) is 0 Å². The predicted octanol–water partition coefficient (Wildman–Crippen LogP) is 2.34. The third-order valence-electron chi connectivity index (χ3n) is 4.70. The molecule has 0 saturated carbocycles. The number of rotatable bonds is 4. The maximum Gasteiger partial charge on any atom is 0.281 e. The SMILES string of the molecule is Cc1noc(C)c1-c1ccc([C@H]2CCCN(S(=O)(=O)N(C)C)C2)nc1. The van der Waals surface area contributed by atoms with Gasteiger partial charge in [0.05, 0.1) is 5.69 Å². The van der Waals surface area contributed by atoms with Gasteiger partial charge < -0.3 is 4.52 Å². The Morgan fingerprint density at radius 2 is 2.04 bits per heavy atom. The third kappa shape index (κ3) is 3.47. The van der Waals surface area contributed by atoms with Crippen molar-refractivity contribution in [3.05, 3.63) is 35.5 Å². The smallest absolute Gasteiger partial charge is 0.281 e. The van der Waals surface area contributed by atoms with Crippen LogP contribution in [0.4, 0.5) is 0 Å². The van der Waals surface area contributed by atoms with Gasteiger partial charge in [0.25, 0.3) is 10.2 Å². The fraction of sp³-hybridized carbons (Fsp3) is 0.529. The van der Waals surface area contributed by atoms with E-state index in [1.54, 1.807) is 18.4 Å². The van der Waals surface area contributed by atoms with Crippen LogP contribution in [0.15, 0.2) is 22.9 Å². The van der Waals surface area contributed by atoms with Crippen LogP contribution in [0.25, 0.3) is 11.1 Å². The average molecular weight is 364 g/mol. The van der Waals surface area contributed by atoms with E-state index < -0.39 is 10.2 Å². The number of hydrogen-bond acceptors (Lipinski definition) is 5. The number of hydrogen-bond donors (Lipinski definition) is 0. The van der Waals surface area contributed by atoms with E-state index >= 15 is 0 Å². The molecule has 0 aromatic carbocycles. The van der Waals surface area contributed by atoms with Gasteiger partial charge in [-0.2, -0.15) is 17.0 Å². The lowest BCUT2D eigenvalue weighted by Crippen LogP contribution is -2.45. The van der Waals surface area contributed by atoms with Crippen LogP contribution >= 0.6 is 0 Å². The van der Waals surface area contributed by atoms with Crippen molar-refractivity contribution in [1.29, 1.82) is 0 Å². The monoisotopic (exact) mass is 364 g/mol. The van der Waals surface area contributed by atoms with E-state index in [-0.39, 0.29) is 5.92 Å². The molecule has 0 spiro atoms. The third-order valence-corrected chi connectivity index (χ3v) is 6.61. The normalized spacial score (nSPS) is 19.5. The highest BCUT2D eigenvalue weighted by Gasteiger charge is 2.31. The second-order valence-electron chi connectivity index (χ2n) is 6.66. The predicted molar refractivity (Wildman–Crippen MR) is 95.4 cm³/mol. The van der Waals surface area contributed by atoms with Crippen LogP contribution in [0, 0.1) is 13.8 Å². The standard InChI is InChI=1S/C17H24N4O3S/c1-12-17(13(2)24-19-12)14-7-8-16(18-10-14)15-6-5-9-21(11-15)25(22,23)20(3)4/h7-8,10,15H,5-6,9,11H2,1-4H3/t15-/m0/s1. The Morgan fingerprint density at radius 3 is 2.60 bits per heavy atom. The molecule has 8 heteroatoms. The first kappa shape index (κ1) is 18.0. The summed E-state index contributed by atoms with van der Waals surface area (Å²) in [6.45, 7) is 4.82. The summed E-state index contributed by atoms with van der Waals surface area (Å²) >= 11 is 0. The molecule has 1 aliphatic heterocycles. The molecule has 1 atom stereocenters. The molecule has 3 heterocycles. The van der Waals surface area contributed by atoms with E-state index in [0.717, 1.165) is 41.1 Å². The fourth-order valence-electron chi connectivity index (χ4n) is 3.31. The number of aromatic nitrogens is 2. The Bertz CT molecular complexity index is 824. The summed E-state index contributed by atoms with van der Waals surface area (Å²) in [6, 6.07) is 3.99. The van der Waals surface area contributed by atoms with Crippen LogP contribution in [0.5, 0.6) is 0 Å². The van der Waals surface area contributed by atoms with E-state index in [1.165, 1.54) is 4.31 Å². The molecule has 2 aromatic heterocycles. The molecule has 0 aliphatic carbocycles. The van der Waals surface area contributed by atoms with Crippen molar-refractivity contribution < 1.29 is 12.9 Å². The number of nitrogens with zero attached hydrogens (tertiary/aromatic N) is 4. The molecular weight excluding hydrogens is 340 g/mol. The van der Waals surface area contributed by atoms with Gasteiger partial charge in [-0.3, -0.25) is 4.98 Å². The van der Waals surface area contributed by atoms with E-state index in [4.69, 9.17) is 4.52 Å². The van der Waals surface area contributed by atoms with E-state index in [0.29, 0.717) is 13.1 Å². The highest BCUT2D eigenvalue weighted by atomic mass is 32.2. The lowest BCUT2D eigenvalue weighted by molar-refractivity contribution is 0.296. The van der Waals surface area contributed by atoms with Crippen molar-refractivity contribution >= 4 is 10.2 Å². The molecule has 136 valence electrons. The van der Waals surface area contributed by atoms with Crippen LogP contribution in [0.3, 0.4) is 0 Å². The second kappa shape index (κ2) is 6.86. The topological polar surface area (TPSA) is 79.5 Å². The summed E-state index contributed by atoms with van der Waals surface area (Å²) < 4.78 is 32.7. The van der Waals surface area contributed by atoms with Crippen molar-refractivity contribution in [2.75, 3.05) is 27.2 Å². The molecule has 0 amide bonds. The molecule has 25 heavy (non-hydrogen) atoms. The Morgan fingerprint density at radius 1 is 1.28 bits per heavy atom. The molecule has 0 bridgehead atoms.